The van der Waals surface area contributed by atoms with Gasteiger partial charge in [0.1, 0.15) is 11.8 Å². The maximum Gasteiger partial charge on any atom is 0.408 e. The van der Waals surface area contributed by atoms with Gasteiger partial charge in [-0.05, 0) is 25.0 Å². The molecule has 0 bridgehead atoms. The summed E-state index contributed by atoms with van der Waals surface area (Å²) >= 11 is 0. The number of nitrogens with one attached hydrogen (secondary N) is 1. The lowest BCUT2D eigenvalue weighted by Crippen LogP contribution is -2.36. The second-order valence-corrected chi connectivity index (χ2v) is 4.18. The van der Waals surface area contributed by atoms with E-state index in [-0.39, 0.29) is 6.42 Å². The molecule has 0 amide bonds. The van der Waals surface area contributed by atoms with Crippen LogP contribution in [0, 0.1) is 6.92 Å². The van der Waals surface area contributed by atoms with Gasteiger partial charge in [-0.2, -0.15) is 13.2 Å². The Labute approximate surface area is 105 Å². The molecule has 0 saturated heterocycles. The lowest BCUT2D eigenvalue weighted by molar-refractivity contribution is -0.143. The Morgan fingerprint density at radius 3 is 2.50 bits per heavy atom. The van der Waals surface area contributed by atoms with Crippen LogP contribution in [-0.2, 0) is 0 Å². The second kappa shape index (κ2) is 5.98. The Morgan fingerprint density at radius 1 is 1.33 bits per heavy atom. The second-order valence-electron chi connectivity index (χ2n) is 4.18. The summed E-state index contributed by atoms with van der Waals surface area (Å²) in [6.07, 6.45) is -3.75. The van der Waals surface area contributed by atoms with Crippen molar-refractivity contribution in [3.63, 3.8) is 0 Å². The first-order valence-electron chi connectivity index (χ1n) is 5.87. The van der Waals surface area contributed by atoms with Crippen LogP contribution in [0.3, 0.4) is 0 Å². The summed E-state index contributed by atoms with van der Waals surface area (Å²) in [5.41, 5.74) is 1.15. The summed E-state index contributed by atoms with van der Waals surface area (Å²) in [4.78, 5) is 0. The number of rotatable bonds is 5. The Balaban J connectivity index is 3.00. The van der Waals surface area contributed by atoms with Crippen molar-refractivity contribution in [2.24, 2.45) is 0 Å². The number of benzene rings is 1. The zero-order valence-corrected chi connectivity index (χ0v) is 10.8. The highest BCUT2D eigenvalue weighted by atomic mass is 19.4. The summed E-state index contributed by atoms with van der Waals surface area (Å²) in [5, 5.41) is 2.56. The van der Waals surface area contributed by atoms with Gasteiger partial charge in [-0.1, -0.05) is 25.5 Å². The number of methoxy groups -OCH3 is 1. The molecule has 0 aromatic heterocycles. The van der Waals surface area contributed by atoms with Gasteiger partial charge in [-0.25, -0.2) is 0 Å². The number of ether oxygens (including phenoxy) is 1. The molecule has 2 nitrogen and oxygen atoms in total. The molecule has 5 heteroatoms. The molecule has 1 rings (SSSR count). The number of hydrogen-bond acceptors (Lipinski definition) is 2. The Morgan fingerprint density at radius 2 is 2.00 bits per heavy atom. The third-order valence-corrected chi connectivity index (χ3v) is 2.75. The molecular weight excluding hydrogens is 243 g/mol. The average Bonchev–Trinajstić information content (AvgIpc) is 2.29. The Hall–Kier alpha value is -1.39. The van der Waals surface area contributed by atoms with Crippen molar-refractivity contribution in [2.45, 2.75) is 38.9 Å². The molecule has 0 radical (unpaired) electrons. The monoisotopic (exact) mass is 261 g/mol. The van der Waals surface area contributed by atoms with E-state index in [4.69, 9.17) is 4.74 Å². The number of anilines is 1. The summed E-state index contributed by atoms with van der Waals surface area (Å²) in [6, 6.07) is 3.61. The summed E-state index contributed by atoms with van der Waals surface area (Å²) in [5.74, 6) is 0.431. The van der Waals surface area contributed by atoms with Crippen LogP contribution in [0.15, 0.2) is 18.2 Å². The van der Waals surface area contributed by atoms with E-state index in [9.17, 15) is 13.2 Å². The van der Waals surface area contributed by atoms with E-state index in [0.29, 0.717) is 17.9 Å². The van der Waals surface area contributed by atoms with Gasteiger partial charge in [-0.3, -0.25) is 0 Å². The van der Waals surface area contributed by atoms with Crippen LogP contribution in [0.1, 0.15) is 25.3 Å². The molecule has 0 fully saturated rings. The standard InChI is InChI=1S/C13H18F3NO/c1-4-6-11(13(14,15)16)17-12-9(2)7-5-8-10(12)18-3/h5,7-8,11,17H,4,6H2,1-3H3. The van der Waals surface area contributed by atoms with Crippen LogP contribution in [-0.4, -0.2) is 19.3 Å². The Bertz CT molecular complexity index is 390. The molecule has 0 aliphatic heterocycles. The van der Waals surface area contributed by atoms with Crippen LogP contribution in [0.4, 0.5) is 18.9 Å². The fourth-order valence-electron chi connectivity index (χ4n) is 1.78. The molecule has 0 heterocycles. The van der Waals surface area contributed by atoms with Crippen LogP contribution in [0.5, 0.6) is 5.75 Å². The molecule has 1 aromatic carbocycles. The lowest BCUT2D eigenvalue weighted by atomic mass is 10.1. The third-order valence-electron chi connectivity index (χ3n) is 2.75. The zero-order valence-electron chi connectivity index (χ0n) is 10.8. The van der Waals surface area contributed by atoms with E-state index in [1.807, 2.05) is 0 Å². The van der Waals surface area contributed by atoms with Crippen molar-refractivity contribution in [3.05, 3.63) is 23.8 Å². The molecule has 0 aliphatic rings. The van der Waals surface area contributed by atoms with Crippen molar-refractivity contribution in [3.8, 4) is 5.75 Å². The number of halogens is 3. The van der Waals surface area contributed by atoms with E-state index >= 15 is 0 Å². The van der Waals surface area contributed by atoms with E-state index in [1.54, 1.807) is 32.0 Å². The third kappa shape index (κ3) is 3.55. The molecule has 1 aromatic rings. The van der Waals surface area contributed by atoms with Gasteiger partial charge in [0.15, 0.2) is 0 Å². The molecule has 1 unspecified atom stereocenters. The molecule has 0 saturated carbocycles. The predicted molar refractivity (Wildman–Crippen MR) is 66.1 cm³/mol. The van der Waals surface area contributed by atoms with E-state index in [2.05, 4.69) is 5.32 Å². The largest absolute Gasteiger partial charge is 0.495 e. The van der Waals surface area contributed by atoms with Crippen molar-refractivity contribution >= 4 is 5.69 Å². The fourth-order valence-corrected chi connectivity index (χ4v) is 1.78. The first kappa shape index (κ1) is 14.7. The van der Waals surface area contributed by atoms with Gasteiger partial charge in [0, 0.05) is 0 Å². The quantitative estimate of drug-likeness (QED) is 0.859. The van der Waals surface area contributed by atoms with Crippen molar-refractivity contribution < 1.29 is 17.9 Å². The first-order chi connectivity index (χ1) is 8.40. The number of hydrogen-bond donors (Lipinski definition) is 1. The summed E-state index contributed by atoms with van der Waals surface area (Å²) < 4.78 is 43.7. The predicted octanol–water partition coefficient (Wildman–Crippen LogP) is 4.15. The zero-order chi connectivity index (χ0) is 13.8. The Kier molecular flexibility index (Phi) is 4.87. The van der Waals surface area contributed by atoms with E-state index in [0.717, 1.165) is 5.56 Å². The van der Waals surface area contributed by atoms with Crippen LogP contribution in [0.25, 0.3) is 0 Å². The minimum atomic E-state index is -4.26. The molecule has 102 valence electrons. The molecule has 0 spiro atoms. The van der Waals surface area contributed by atoms with Gasteiger partial charge >= 0.3 is 6.18 Å². The summed E-state index contributed by atoms with van der Waals surface area (Å²) in [6.45, 7) is 3.49. The van der Waals surface area contributed by atoms with Crippen molar-refractivity contribution in [2.75, 3.05) is 12.4 Å². The summed E-state index contributed by atoms with van der Waals surface area (Å²) in [7, 11) is 1.45. The number of aryl methyl sites for hydroxylation is 1. The maximum absolute atomic E-state index is 12.9. The molecule has 18 heavy (non-hydrogen) atoms. The highest BCUT2D eigenvalue weighted by Crippen LogP contribution is 2.33. The maximum atomic E-state index is 12.9. The molecule has 1 N–H and O–H groups in total. The van der Waals surface area contributed by atoms with Gasteiger partial charge in [-0.15, -0.1) is 0 Å². The van der Waals surface area contributed by atoms with Gasteiger partial charge < -0.3 is 10.1 Å². The fraction of sp³-hybridized carbons (Fsp3) is 0.538. The van der Waals surface area contributed by atoms with Crippen LogP contribution in [0.2, 0.25) is 0 Å². The van der Waals surface area contributed by atoms with Crippen molar-refractivity contribution in [1.29, 1.82) is 0 Å². The highest BCUT2D eigenvalue weighted by molar-refractivity contribution is 5.62. The van der Waals surface area contributed by atoms with Crippen molar-refractivity contribution in [1.82, 2.24) is 0 Å². The van der Waals surface area contributed by atoms with Crippen LogP contribution < -0.4 is 10.1 Å². The topological polar surface area (TPSA) is 21.3 Å². The average molecular weight is 261 g/mol. The SMILES string of the molecule is CCCC(Nc1c(C)cccc1OC)C(F)(F)F. The molecule has 0 aliphatic carbocycles. The number of para-hydroxylation sites is 1. The lowest BCUT2D eigenvalue weighted by Gasteiger charge is -2.24. The normalized spacial score (nSPS) is 13.2. The van der Waals surface area contributed by atoms with Gasteiger partial charge in [0.05, 0.1) is 12.8 Å². The number of alkyl halides is 3. The minimum absolute atomic E-state index is 0.0426. The van der Waals surface area contributed by atoms with Gasteiger partial charge in [0.2, 0.25) is 0 Å². The van der Waals surface area contributed by atoms with E-state index < -0.39 is 12.2 Å². The van der Waals surface area contributed by atoms with Gasteiger partial charge in [0.25, 0.3) is 0 Å². The molecular formula is C13H18F3NO. The first-order valence-corrected chi connectivity index (χ1v) is 5.87. The smallest absolute Gasteiger partial charge is 0.408 e. The van der Waals surface area contributed by atoms with Crippen LogP contribution >= 0.6 is 0 Å². The highest BCUT2D eigenvalue weighted by Gasteiger charge is 2.39. The molecule has 1 atom stereocenters. The minimum Gasteiger partial charge on any atom is -0.495 e. The van der Waals surface area contributed by atoms with E-state index in [1.165, 1.54) is 7.11 Å².